The van der Waals surface area contributed by atoms with Gasteiger partial charge in [-0.1, -0.05) is 184 Å². The molecule has 0 aromatic heterocycles. The molecule has 0 radical (unpaired) electrons. The number of hydrogen-bond acceptors (Lipinski definition) is 2. The third-order valence-corrected chi connectivity index (χ3v) is 12.9. The van der Waals surface area contributed by atoms with Gasteiger partial charge < -0.3 is 9.80 Å². The molecule has 0 unspecified atom stereocenters. The largest absolute Gasteiger partial charge is 0.310 e. The highest BCUT2D eigenvalue weighted by atomic mass is 15.1. The fourth-order valence-electron chi connectivity index (χ4n) is 9.60. The Bertz CT molecular complexity index is 3200. The van der Waals surface area contributed by atoms with E-state index < -0.39 is 0 Å². The predicted octanol–water partition coefficient (Wildman–Crippen LogP) is 17.1. The molecule has 1 aliphatic rings. The van der Waals surface area contributed by atoms with E-state index in [-0.39, 0.29) is 5.41 Å². The fraction of sp³-hybridized carbons (Fsp3) is 0.0492. The van der Waals surface area contributed by atoms with E-state index in [4.69, 9.17) is 0 Å². The van der Waals surface area contributed by atoms with Crippen LogP contribution in [0.25, 0.3) is 55.3 Å². The van der Waals surface area contributed by atoms with Gasteiger partial charge in [0, 0.05) is 39.5 Å². The van der Waals surface area contributed by atoms with Crippen LogP contribution in [0.2, 0.25) is 0 Å². The van der Waals surface area contributed by atoms with Crippen LogP contribution in [0, 0.1) is 0 Å². The molecule has 2 nitrogen and oxygen atoms in total. The zero-order valence-corrected chi connectivity index (χ0v) is 35.5. The molecule has 63 heavy (non-hydrogen) atoms. The first-order valence-electron chi connectivity index (χ1n) is 21.8. The number of rotatable bonds is 9. The Labute approximate surface area is 370 Å². The Morgan fingerprint density at radius 1 is 0.270 bits per heavy atom. The van der Waals surface area contributed by atoms with Gasteiger partial charge in [-0.25, -0.2) is 0 Å². The van der Waals surface area contributed by atoms with Gasteiger partial charge in [0.1, 0.15) is 0 Å². The van der Waals surface area contributed by atoms with E-state index >= 15 is 0 Å². The molecule has 0 heterocycles. The van der Waals surface area contributed by atoms with Crippen LogP contribution in [-0.2, 0) is 5.41 Å². The summed E-state index contributed by atoms with van der Waals surface area (Å²) < 4.78 is 0. The maximum atomic E-state index is 2.42. The number of fused-ring (bicyclic) bond motifs is 4. The van der Waals surface area contributed by atoms with Crippen molar-refractivity contribution < 1.29 is 0 Å². The first kappa shape index (κ1) is 38.0. The summed E-state index contributed by atoms with van der Waals surface area (Å²) in [5.74, 6) is 0. The van der Waals surface area contributed by atoms with Crippen molar-refractivity contribution in [2.24, 2.45) is 0 Å². The van der Waals surface area contributed by atoms with Crippen LogP contribution in [0.1, 0.15) is 25.0 Å². The molecule has 0 amide bonds. The summed E-state index contributed by atoms with van der Waals surface area (Å²) in [4.78, 5) is 4.77. The maximum Gasteiger partial charge on any atom is 0.0465 e. The standard InChI is InChI=1S/C61H46N2/c1-61(2)59-41-53(62(49-19-8-4-9-20-49)51-33-29-46(30-34-51)45-27-25-44(26-28-45)43-15-6-3-7-16-43)37-39-57(59)58-40-38-54(42-60(58)61)63(50-21-10-5-11-22-50)52-35-31-48(32-36-52)56-24-14-18-47-17-12-13-23-55(47)56/h3-42H,1-2H3. The molecule has 0 spiro atoms. The van der Waals surface area contributed by atoms with Gasteiger partial charge in [-0.3, -0.25) is 0 Å². The van der Waals surface area contributed by atoms with Crippen LogP contribution >= 0.6 is 0 Å². The van der Waals surface area contributed by atoms with E-state index in [0.717, 1.165) is 34.1 Å². The molecule has 0 bridgehead atoms. The molecular weight excluding hydrogens is 761 g/mol. The Balaban J connectivity index is 0.930. The Hall–Kier alpha value is -7.94. The zero-order chi connectivity index (χ0) is 42.3. The van der Waals surface area contributed by atoms with Gasteiger partial charge in [0.25, 0.3) is 0 Å². The van der Waals surface area contributed by atoms with E-state index in [0.29, 0.717) is 0 Å². The van der Waals surface area contributed by atoms with Crippen molar-refractivity contribution in [1.82, 2.24) is 0 Å². The molecule has 11 rings (SSSR count). The second-order valence-electron chi connectivity index (χ2n) is 17.0. The highest BCUT2D eigenvalue weighted by Gasteiger charge is 2.37. The van der Waals surface area contributed by atoms with Gasteiger partial charge in [0.05, 0.1) is 0 Å². The lowest BCUT2D eigenvalue weighted by Gasteiger charge is -2.29. The molecular formula is C61H46N2. The van der Waals surface area contributed by atoms with Crippen molar-refractivity contribution in [2.75, 3.05) is 9.80 Å². The number of nitrogens with zero attached hydrogens (tertiary/aromatic N) is 2. The van der Waals surface area contributed by atoms with Gasteiger partial charge in [-0.15, -0.1) is 0 Å². The van der Waals surface area contributed by atoms with Crippen molar-refractivity contribution in [1.29, 1.82) is 0 Å². The molecule has 0 saturated carbocycles. The number of hydrogen-bond donors (Lipinski definition) is 0. The second kappa shape index (κ2) is 15.8. The second-order valence-corrected chi connectivity index (χ2v) is 17.0. The summed E-state index contributed by atoms with van der Waals surface area (Å²) in [7, 11) is 0. The van der Waals surface area contributed by atoms with E-state index in [2.05, 4.69) is 266 Å². The van der Waals surface area contributed by atoms with Crippen LogP contribution in [0.3, 0.4) is 0 Å². The van der Waals surface area contributed by atoms with Gasteiger partial charge in [0.15, 0.2) is 0 Å². The quantitative estimate of drug-likeness (QED) is 0.143. The minimum atomic E-state index is -0.241. The molecule has 0 saturated heterocycles. The lowest BCUT2D eigenvalue weighted by atomic mass is 9.82. The first-order valence-corrected chi connectivity index (χ1v) is 21.8. The lowest BCUT2D eigenvalue weighted by Crippen LogP contribution is -2.17. The zero-order valence-electron chi connectivity index (χ0n) is 35.5. The molecule has 300 valence electrons. The number of benzene rings is 10. The summed E-state index contributed by atoms with van der Waals surface area (Å²) in [6.45, 7) is 4.75. The summed E-state index contributed by atoms with van der Waals surface area (Å²) in [6.07, 6.45) is 0. The minimum absolute atomic E-state index is 0.241. The van der Waals surface area contributed by atoms with Crippen LogP contribution in [-0.4, -0.2) is 0 Å². The van der Waals surface area contributed by atoms with Crippen molar-refractivity contribution in [3.8, 4) is 44.5 Å². The van der Waals surface area contributed by atoms with Crippen molar-refractivity contribution >= 4 is 44.9 Å². The van der Waals surface area contributed by atoms with Crippen LogP contribution in [0.4, 0.5) is 34.1 Å². The molecule has 2 heteroatoms. The highest BCUT2D eigenvalue weighted by Crippen LogP contribution is 2.52. The lowest BCUT2D eigenvalue weighted by molar-refractivity contribution is 0.660. The first-order chi connectivity index (χ1) is 31.0. The Morgan fingerprint density at radius 2 is 0.635 bits per heavy atom. The number of para-hydroxylation sites is 2. The molecule has 0 aliphatic heterocycles. The third-order valence-electron chi connectivity index (χ3n) is 12.9. The predicted molar refractivity (Wildman–Crippen MR) is 267 cm³/mol. The Kier molecular flexibility index (Phi) is 9.55. The monoisotopic (exact) mass is 806 g/mol. The minimum Gasteiger partial charge on any atom is -0.310 e. The van der Waals surface area contributed by atoms with E-state index in [1.54, 1.807) is 0 Å². The van der Waals surface area contributed by atoms with Crippen molar-refractivity contribution in [3.05, 3.63) is 254 Å². The highest BCUT2D eigenvalue weighted by molar-refractivity contribution is 5.97. The van der Waals surface area contributed by atoms with Crippen molar-refractivity contribution in [2.45, 2.75) is 19.3 Å². The molecule has 10 aromatic rings. The van der Waals surface area contributed by atoms with Gasteiger partial charge in [-0.2, -0.15) is 0 Å². The van der Waals surface area contributed by atoms with Crippen LogP contribution in [0.5, 0.6) is 0 Å². The van der Waals surface area contributed by atoms with Gasteiger partial charge >= 0.3 is 0 Å². The van der Waals surface area contributed by atoms with Crippen LogP contribution < -0.4 is 9.80 Å². The van der Waals surface area contributed by atoms with Crippen LogP contribution in [0.15, 0.2) is 243 Å². The average Bonchev–Trinajstić information content (AvgIpc) is 3.57. The normalized spacial score (nSPS) is 12.4. The number of anilines is 6. The maximum absolute atomic E-state index is 2.42. The SMILES string of the molecule is CC1(C)c2cc(N(c3ccccc3)c3ccc(-c4ccc(-c5ccccc5)cc4)cc3)ccc2-c2ccc(N(c3ccccc3)c3ccc(-c4cccc5ccccc45)cc3)cc21. The van der Waals surface area contributed by atoms with E-state index in [1.807, 2.05) is 0 Å². The van der Waals surface area contributed by atoms with Gasteiger partial charge in [-0.05, 0) is 139 Å². The summed E-state index contributed by atoms with van der Waals surface area (Å²) in [6, 6.07) is 88.2. The van der Waals surface area contributed by atoms with E-state index in [1.165, 1.54) is 66.4 Å². The fourth-order valence-corrected chi connectivity index (χ4v) is 9.60. The third kappa shape index (κ3) is 6.96. The topological polar surface area (TPSA) is 6.48 Å². The smallest absolute Gasteiger partial charge is 0.0465 e. The molecule has 1 aliphatic carbocycles. The molecule has 0 fully saturated rings. The summed E-state index contributed by atoms with van der Waals surface area (Å²) >= 11 is 0. The molecule has 10 aromatic carbocycles. The van der Waals surface area contributed by atoms with Gasteiger partial charge in [0.2, 0.25) is 0 Å². The summed E-state index contributed by atoms with van der Waals surface area (Å²) in [5, 5.41) is 2.52. The summed E-state index contributed by atoms with van der Waals surface area (Å²) in [5.41, 5.74) is 19.1. The molecule has 0 N–H and O–H groups in total. The average molecular weight is 807 g/mol. The van der Waals surface area contributed by atoms with Crippen molar-refractivity contribution in [3.63, 3.8) is 0 Å². The van der Waals surface area contributed by atoms with E-state index in [9.17, 15) is 0 Å². The molecule has 0 atom stereocenters. The Morgan fingerprint density at radius 3 is 1.14 bits per heavy atom.